The van der Waals surface area contributed by atoms with Crippen molar-refractivity contribution in [2.45, 2.75) is 19.9 Å². The predicted octanol–water partition coefficient (Wildman–Crippen LogP) is 3.29. The number of benzene rings is 1. The van der Waals surface area contributed by atoms with Crippen molar-refractivity contribution in [3.8, 4) is 0 Å². The van der Waals surface area contributed by atoms with Crippen molar-refractivity contribution in [3.63, 3.8) is 0 Å². The second kappa shape index (κ2) is 7.76. The lowest BCUT2D eigenvalue weighted by molar-refractivity contribution is -0.131. The normalized spacial score (nSPS) is 11.2. The molecule has 0 saturated carbocycles. The van der Waals surface area contributed by atoms with Gasteiger partial charge in [0.1, 0.15) is 10.8 Å². The lowest BCUT2D eigenvalue weighted by Gasteiger charge is -2.21. The van der Waals surface area contributed by atoms with Gasteiger partial charge in [-0.25, -0.2) is 9.37 Å². The van der Waals surface area contributed by atoms with E-state index < -0.39 is 0 Å². The van der Waals surface area contributed by atoms with Crippen LogP contribution in [0.2, 0.25) is 0 Å². The quantitative estimate of drug-likeness (QED) is 0.702. The molecule has 1 aromatic carbocycles. The van der Waals surface area contributed by atoms with Crippen LogP contribution in [0, 0.1) is 12.7 Å². The molecule has 0 aliphatic rings. The summed E-state index contributed by atoms with van der Waals surface area (Å²) < 4.78 is 19.1. The van der Waals surface area contributed by atoms with Crippen LogP contribution in [0.15, 0.2) is 29.8 Å². The monoisotopic (exact) mass is 361 g/mol. The Labute approximate surface area is 149 Å². The van der Waals surface area contributed by atoms with Gasteiger partial charge in [0.2, 0.25) is 5.91 Å². The van der Waals surface area contributed by atoms with E-state index in [-0.39, 0.29) is 18.1 Å². The molecule has 1 N–H and O–H groups in total. The highest BCUT2D eigenvalue weighted by molar-refractivity contribution is 7.09. The topological polar surface area (TPSA) is 58.2 Å². The number of H-pyrrole nitrogens is 1. The summed E-state index contributed by atoms with van der Waals surface area (Å²) in [6, 6.07) is 4.92. The zero-order chi connectivity index (χ0) is 17.8. The summed E-state index contributed by atoms with van der Waals surface area (Å²) in [6.45, 7) is 3.27. The second-order valence-electron chi connectivity index (χ2n) is 5.80. The number of thiazole rings is 1. The van der Waals surface area contributed by atoms with E-state index in [4.69, 9.17) is 4.74 Å². The third kappa shape index (κ3) is 3.88. The van der Waals surface area contributed by atoms with Crippen molar-refractivity contribution in [2.75, 3.05) is 20.3 Å². The predicted molar refractivity (Wildman–Crippen MR) is 96.1 cm³/mol. The van der Waals surface area contributed by atoms with E-state index in [1.807, 2.05) is 18.4 Å². The van der Waals surface area contributed by atoms with E-state index in [9.17, 15) is 9.18 Å². The lowest BCUT2D eigenvalue weighted by Crippen LogP contribution is -2.34. The molecule has 0 bridgehead atoms. The first-order chi connectivity index (χ1) is 12.1. The van der Waals surface area contributed by atoms with E-state index in [2.05, 4.69) is 9.97 Å². The Bertz CT molecular complexity index is 861. The minimum absolute atomic E-state index is 0.0273. The SMILES string of the molecule is COCCN(Cc1nccs1)C(=O)Cc1c(C)[nH]c2c(F)cccc12. The molecule has 0 spiro atoms. The maximum Gasteiger partial charge on any atom is 0.227 e. The van der Waals surface area contributed by atoms with Crippen LogP contribution in [0.25, 0.3) is 10.9 Å². The fraction of sp³-hybridized carbons (Fsp3) is 0.333. The summed E-state index contributed by atoms with van der Waals surface area (Å²) >= 11 is 1.52. The van der Waals surface area contributed by atoms with Gasteiger partial charge in [0.15, 0.2) is 0 Å². The molecular weight excluding hydrogens is 341 g/mol. The fourth-order valence-electron chi connectivity index (χ4n) is 2.85. The summed E-state index contributed by atoms with van der Waals surface area (Å²) in [4.78, 5) is 21.9. The summed E-state index contributed by atoms with van der Waals surface area (Å²) in [5, 5.41) is 3.53. The number of fused-ring (bicyclic) bond motifs is 1. The zero-order valence-electron chi connectivity index (χ0n) is 14.2. The molecule has 7 heteroatoms. The molecule has 2 heterocycles. The Morgan fingerprint density at radius 2 is 2.28 bits per heavy atom. The van der Waals surface area contributed by atoms with Crippen molar-refractivity contribution < 1.29 is 13.9 Å². The second-order valence-corrected chi connectivity index (χ2v) is 6.78. The van der Waals surface area contributed by atoms with E-state index in [1.54, 1.807) is 24.3 Å². The van der Waals surface area contributed by atoms with Crippen LogP contribution in [0.1, 0.15) is 16.3 Å². The van der Waals surface area contributed by atoms with Crippen molar-refractivity contribution in [2.24, 2.45) is 0 Å². The highest BCUT2D eigenvalue weighted by Crippen LogP contribution is 2.25. The number of aromatic nitrogens is 2. The number of hydrogen-bond acceptors (Lipinski definition) is 4. The Morgan fingerprint density at radius 1 is 1.44 bits per heavy atom. The average molecular weight is 361 g/mol. The number of amides is 1. The Morgan fingerprint density at radius 3 is 3.00 bits per heavy atom. The molecule has 0 aliphatic heterocycles. The number of carbonyl (C=O) groups excluding carboxylic acids is 1. The Hall–Kier alpha value is -2.25. The van der Waals surface area contributed by atoms with Gasteiger partial charge in [0.05, 0.1) is 25.1 Å². The van der Waals surface area contributed by atoms with E-state index >= 15 is 0 Å². The van der Waals surface area contributed by atoms with Crippen molar-refractivity contribution in [3.05, 3.63) is 51.9 Å². The van der Waals surface area contributed by atoms with Gasteiger partial charge < -0.3 is 14.6 Å². The lowest BCUT2D eigenvalue weighted by atomic mass is 10.1. The Kier molecular flexibility index (Phi) is 5.45. The van der Waals surface area contributed by atoms with Crippen LogP contribution in [0.3, 0.4) is 0 Å². The highest BCUT2D eigenvalue weighted by atomic mass is 32.1. The van der Waals surface area contributed by atoms with Gasteiger partial charge in [-0.05, 0) is 18.6 Å². The van der Waals surface area contributed by atoms with Crippen molar-refractivity contribution in [1.82, 2.24) is 14.9 Å². The van der Waals surface area contributed by atoms with Crippen LogP contribution in [0.4, 0.5) is 4.39 Å². The maximum absolute atomic E-state index is 13.9. The summed E-state index contributed by atoms with van der Waals surface area (Å²) in [5.74, 6) is -0.334. The number of aryl methyl sites for hydroxylation is 1. The molecule has 0 fully saturated rings. The first kappa shape index (κ1) is 17.6. The van der Waals surface area contributed by atoms with E-state index in [1.165, 1.54) is 17.4 Å². The number of nitrogens with one attached hydrogen (secondary N) is 1. The molecule has 0 saturated heterocycles. The molecule has 0 radical (unpaired) electrons. The smallest absolute Gasteiger partial charge is 0.227 e. The van der Waals surface area contributed by atoms with E-state index in [0.717, 1.165) is 21.7 Å². The standard InChI is InChI=1S/C18H20FN3O2S/c1-12-14(13-4-3-5-15(19)18(13)21-12)10-17(23)22(7-8-24-2)11-16-20-6-9-25-16/h3-6,9,21H,7-8,10-11H2,1-2H3. The molecule has 0 unspecified atom stereocenters. The molecule has 0 atom stereocenters. The number of hydrogen-bond donors (Lipinski definition) is 1. The number of halogens is 1. The van der Waals surface area contributed by atoms with Crippen LogP contribution >= 0.6 is 11.3 Å². The number of methoxy groups -OCH3 is 1. The van der Waals surface area contributed by atoms with Gasteiger partial charge in [-0.2, -0.15) is 0 Å². The third-order valence-electron chi connectivity index (χ3n) is 4.16. The van der Waals surface area contributed by atoms with Gasteiger partial charge in [-0.1, -0.05) is 12.1 Å². The number of para-hydroxylation sites is 1. The van der Waals surface area contributed by atoms with Crippen LogP contribution in [0.5, 0.6) is 0 Å². The zero-order valence-corrected chi connectivity index (χ0v) is 15.0. The summed E-state index contributed by atoms with van der Waals surface area (Å²) in [6.07, 6.45) is 1.94. The van der Waals surface area contributed by atoms with Gasteiger partial charge in [0, 0.05) is 36.3 Å². The van der Waals surface area contributed by atoms with Gasteiger partial charge in [0.25, 0.3) is 0 Å². The number of rotatable bonds is 7. The summed E-state index contributed by atoms with van der Waals surface area (Å²) in [5.41, 5.74) is 2.10. The minimum atomic E-state index is -0.307. The molecule has 132 valence electrons. The number of aromatic amines is 1. The molecule has 2 aromatic heterocycles. The van der Waals surface area contributed by atoms with Crippen LogP contribution < -0.4 is 0 Å². The average Bonchev–Trinajstić information content (AvgIpc) is 3.21. The Balaban J connectivity index is 1.83. The molecule has 3 rings (SSSR count). The minimum Gasteiger partial charge on any atom is -0.383 e. The van der Waals surface area contributed by atoms with Gasteiger partial charge in [-0.3, -0.25) is 4.79 Å². The van der Waals surface area contributed by atoms with Crippen molar-refractivity contribution >= 4 is 28.1 Å². The number of carbonyl (C=O) groups is 1. The number of nitrogens with zero attached hydrogens (tertiary/aromatic N) is 2. The van der Waals surface area contributed by atoms with Gasteiger partial charge in [-0.15, -0.1) is 11.3 Å². The fourth-order valence-corrected chi connectivity index (χ4v) is 3.48. The van der Waals surface area contributed by atoms with E-state index in [0.29, 0.717) is 25.2 Å². The summed E-state index contributed by atoms with van der Waals surface area (Å²) in [7, 11) is 1.61. The van der Waals surface area contributed by atoms with Gasteiger partial charge >= 0.3 is 0 Å². The molecular formula is C18H20FN3O2S. The largest absolute Gasteiger partial charge is 0.383 e. The first-order valence-electron chi connectivity index (χ1n) is 8.01. The van der Waals surface area contributed by atoms with Crippen molar-refractivity contribution in [1.29, 1.82) is 0 Å². The first-order valence-corrected chi connectivity index (χ1v) is 8.89. The molecule has 1 amide bonds. The molecule has 0 aliphatic carbocycles. The van der Waals surface area contributed by atoms with Crippen LogP contribution in [-0.4, -0.2) is 41.0 Å². The highest BCUT2D eigenvalue weighted by Gasteiger charge is 2.19. The molecule has 25 heavy (non-hydrogen) atoms. The third-order valence-corrected chi connectivity index (χ3v) is 4.92. The molecule has 5 nitrogen and oxygen atoms in total. The number of ether oxygens (including phenoxy) is 1. The maximum atomic E-state index is 13.9. The molecule has 3 aromatic rings. The van der Waals surface area contributed by atoms with Crippen LogP contribution in [-0.2, 0) is 22.5 Å².